The van der Waals surface area contributed by atoms with Crippen LogP contribution >= 0.6 is 11.3 Å². The van der Waals surface area contributed by atoms with Crippen LogP contribution in [-0.2, 0) is 11.3 Å². The number of rotatable bonds is 7. The molecule has 0 fully saturated rings. The number of carboxylic acid groups (broad SMARTS) is 1. The lowest BCUT2D eigenvalue weighted by molar-refractivity contribution is -0.141. The molecule has 112 valence electrons. The summed E-state index contributed by atoms with van der Waals surface area (Å²) in [6.45, 7) is 7.35. The van der Waals surface area contributed by atoms with Crippen molar-refractivity contribution in [2.24, 2.45) is 5.92 Å². The summed E-state index contributed by atoms with van der Waals surface area (Å²) in [5.74, 6) is -1.43. The minimum absolute atomic E-state index is 0.100. The Kier molecular flexibility index (Phi) is 6.51. The molecule has 0 aliphatic heterocycles. The van der Waals surface area contributed by atoms with Crippen LogP contribution < -0.4 is 0 Å². The Hall–Kier alpha value is -1.56. The van der Waals surface area contributed by atoms with Crippen molar-refractivity contribution in [1.82, 2.24) is 9.80 Å². The molecule has 1 unspecified atom stereocenters. The normalized spacial score (nSPS) is 11.9. The fraction of sp³-hybridized carbons (Fsp3) is 0.571. The summed E-state index contributed by atoms with van der Waals surface area (Å²) in [6.07, 6.45) is 0. The Morgan fingerprint density at radius 1 is 1.30 bits per heavy atom. The highest BCUT2D eigenvalue weighted by molar-refractivity contribution is 7.09. The molecule has 1 rings (SSSR count). The van der Waals surface area contributed by atoms with Gasteiger partial charge in [0.05, 0.1) is 12.5 Å². The topological polar surface area (TPSA) is 60.9 Å². The molecular weight excluding hydrogens is 276 g/mol. The van der Waals surface area contributed by atoms with Gasteiger partial charge in [-0.2, -0.15) is 0 Å². The highest BCUT2D eigenvalue weighted by Crippen LogP contribution is 2.14. The standard InChI is InChI=1S/C14H22N2O3S/c1-4-15(9-11(3)13(17)18)14(19)16(5-2)10-12-7-6-8-20-12/h6-8,11H,4-5,9-10H2,1-3H3,(H,17,18). The van der Waals surface area contributed by atoms with Crippen molar-refractivity contribution < 1.29 is 14.7 Å². The number of carbonyl (C=O) groups excluding carboxylic acids is 1. The summed E-state index contributed by atoms with van der Waals surface area (Å²) in [7, 11) is 0. The fourth-order valence-corrected chi connectivity index (χ4v) is 2.58. The van der Waals surface area contributed by atoms with E-state index in [4.69, 9.17) is 5.11 Å². The van der Waals surface area contributed by atoms with Crippen LogP contribution in [0.2, 0.25) is 0 Å². The third-order valence-corrected chi connectivity index (χ3v) is 4.01. The number of aliphatic carboxylic acids is 1. The van der Waals surface area contributed by atoms with E-state index >= 15 is 0 Å². The molecule has 1 aromatic rings. The van der Waals surface area contributed by atoms with Gasteiger partial charge >= 0.3 is 12.0 Å². The van der Waals surface area contributed by atoms with Gasteiger partial charge in [0.15, 0.2) is 0 Å². The first-order valence-corrected chi connectivity index (χ1v) is 7.66. The number of carbonyl (C=O) groups is 2. The molecule has 1 atom stereocenters. The highest BCUT2D eigenvalue weighted by Gasteiger charge is 2.23. The van der Waals surface area contributed by atoms with Crippen LogP contribution in [0.25, 0.3) is 0 Å². The van der Waals surface area contributed by atoms with E-state index in [1.807, 2.05) is 31.4 Å². The molecule has 0 saturated carbocycles. The van der Waals surface area contributed by atoms with E-state index in [0.717, 1.165) is 4.88 Å². The van der Waals surface area contributed by atoms with Crippen LogP contribution in [0, 0.1) is 5.92 Å². The summed E-state index contributed by atoms with van der Waals surface area (Å²) >= 11 is 1.62. The zero-order chi connectivity index (χ0) is 15.1. The zero-order valence-corrected chi connectivity index (χ0v) is 13.0. The maximum atomic E-state index is 12.5. The third kappa shape index (κ3) is 4.52. The lowest BCUT2D eigenvalue weighted by atomic mass is 10.2. The van der Waals surface area contributed by atoms with Crippen molar-refractivity contribution >= 4 is 23.3 Å². The number of urea groups is 1. The largest absolute Gasteiger partial charge is 0.481 e. The number of thiophene rings is 1. The maximum Gasteiger partial charge on any atom is 0.320 e. The van der Waals surface area contributed by atoms with E-state index in [2.05, 4.69) is 0 Å². The van der Waals surface area contributed by atoms with Gasteiger partial charge in [0.2, 0.25) is 0 Å². The lowest BCUT2D eigenvalue weighted by Gasteiger charge is -2.30. The monoisotopic (exact) mass is 298 g/mol. The first-order valence-electron chi connectivity index (χ1n) is 6.78. The van der Waals surface area contributed by atoms with Gasteiger partial charge < -0.3 is 14.9 Å². The van der Waals surface area contributed by atoms with Gasteiger partial charge in [-0.1, -0.05) is 13.0 Å². The molecule has 0 bridgehead atoms. The van der Waals surface area contributed by atoms with E-state index in [1.165, 1.54) is 0 Å². The number of hydrogen-bond acceptors (Lipinski definition) is 3. The van der Waals surface area contributed by atoms with E-state index < -0.39 is 11.9 Å². The molecule has 1 N–H and O–H groups in total. The van der Waals surface area contributed by atoms with Crippen LogP contribution in [0.1, 0.15) is 25.6 Å². The van der Waals surface area contributed by atoms with E-state index in [-0.39, 0.29) is 12.6 Å². The number of nitrogens with zero attached hydrogens (tertiary/aromatic N) is 2. The molecule has 0 spiro atoms. The van der Waals surface area contributed by atoms with E-state index in [9.17, 15) is 9.59 Å². The second-order valence-electron chi connectivity index (χ2n) is 4.65. The minimum Gasteiger partial charge on any atom is -0.481 e. The summed E-state index contributed by atoms with van der Waals surface area (Å²) in [5, 5.41) is 10.9. The fourth-order valence-electron chi connectivity index (χ4n) is 1.86. The summed E-state index contributed by atoms with van der Waals surface area (Å²) in [5.41, 5.74) is 0. The average Bonchev–Trinajstić information content (AvgIpc) is 2.93. The predicted molar refractivity (Wildman–Crippen MR) is 79.8 cm³/mol. The highest BCUT2D eigenvalue weighted by atomic mass is 32.1. The molecule has 0 radical (unpaired) electrons. The number of hydrogen-bond donors (Lipinski definition) is 1. The van der Waals surface area contributed by atoms with Crippen LogP contribution in [-0.4, -0.2) is 46.5 Å². The van der Waals surface area contributed by atoms with Crippen molar-refractivity contribution in [2.75, 3.05) is 19.6 Å². The maximum absolute atomic E-state index is 12.5. The van der Waals surface area contributed by atoms with Crippen LogP contribution in [0.4, 0.5) is 4.79 Å². The van der Waals surface area contributed by atoms with Crippen LogP contribution in [0.15, 0.2) is 17.5 Å². The van der Waals surface area contributed by atoms with Crippen molar-refractivity contribution in [3.63, 3.8) is 0 Å². The molecule has 5 nitrogen and oxygen atoms in total. The molecule has 0 aliphatic carbocycles. The van der Waals surface area contributed by atoms with Crippen molar-refractivity contribution in [2.45, 2.75) is 27.3 Å². The Morgan fingerprint density at radius 3 is 2.40 bits per heavy atom. The van der Waals surface area contributed by atoms with Crippen molar-refractivity contribution in [3.8, 4) is 0 Å². The molecule has 0 aromatic carbocycles. The molecule has 6 heteroatoms. The number of carboxylic acids is 1. The van der Waals surface area contributed by atoms with E-state index in [1.54, 1.807) is 28.1 Å². The minimum atomic E-state index is -0.877. The van der Waals surface area contributed by atoms with Gasteiger partial charge in [-0.25, -0.2) is 4.79 Å². The Bertz CT molecular complexity index is 434. The van der Waals surface area contributed by atoms with Crippen molar-refractivity contribution in [1.29, 1.82) is 0 Å². The van der Waals surface area contributed by atoms with E-state index in [0.29, 0.717) is 19.6 Å². The second kappa shape index (κ2) is 7.89. The summed E-state index contributed by atoms with van der Waals surface area (Å²) in [6, 6.07) is 3.86. The SMILES string of the molecule is CCN(Cc1cccs1)C(=O)N(CC)CC(C)C(=O)O. The number of amides is 2. The molecule has 0 saturated heterocycles. The van der Waals surface area contributed by atoms with Gasteiger partial charge in [-0.15, -0.1) is 11.3 Å². The molecule has 20 heavy (non-hydrogen) atoms. The lowest BCUT2D eigenvalue weighted by Crippen LogP contribution is -2.45. The Morgan fingerprint density at radius 2 is 1.95 bits per heavy atom. The van der Waals surface area contributed by atoms with Crippen LogP contribution in [0.5, 0.6) is 0 Å². The van der Waals surface area contributed by atoms with Crippen molar-refractivity contribution in [3.05, 3.63) is 22.4 Å². The van der Waals surface area contributed by atoms with Crippen LogP contribution in [0.3, 0.4) is 0 Å². The quantitative estimate of drug-likeness (QED) is 0.842. The average molecular weight is 298 g/mol. The Balaban J connectivity index is 2.69. The zero-order valence-electron chi connectivity index (χ0n) is 12.2. The summed E-state index contributed by atoms with van der Waals surface area (Å²) < 4.78 is 0. The smallest absolute Gasteiger partial charge is 0.320 e. The molecule has 2 amide bonds. The van der Waals surface area contributed by atoms with Gasteiger partial charge in [0.1, 0.15) is 0 Å². The summed E-state index contributed by atoms with van der Waals surface area (Å²) in [4.78, 5) is 27.8. The molecule has 1 heterocycles. The first kappa shape index (κ1) is 16.5. The third-order valence-electron chi connectivity index (χ3n) is 3.15. The van der Waals surface area contributed by atoms with Gasteiger partial charge in [-0.3, -0.25) is 4.79 Å². The molecule has 0 aliphatic rings. The van der Waals surface area contributed by atoms with Gasteiger partial charge in [0.25, 0.3) is 0 Å². The molecule has 1 aromatic heterocycles. The predicted octanol–water partition coefficient (Wildman–Crippen LogP) is 2.73. The van der Waals surface area contributed by atoms with Gasteiger partial charge in [0, 0.05) is 24.5 Å². The first-order chi connectivity index (χ1) is 9.49. The molecular formula is C14H22N2O3S. The van der Waals surface area contributed by atoms with Gasteiger partial charge in [-0.05, 0) is 25.3 Å². The second-order valence-corrected chi connectivity index (χ2v) is 5.69. The Labute approximate surface area is 123 Å².